The topological polar surface area (TPSA) is 125 Å². The van der Waals surface area contributed by atoms with Crippen LogP contribution in [0, 0.1) is 0 Å². The van der Waals surface area contributed by atoms with E-state index in [1.165, 1.54) is 18.2 Å². The van der Waals surface area contributed by atoms with Crippen LogP contribution in [0.1, 0.15) is 27.4 Å². The van der Waals surface area contributed by atoms with Gasteiger partial charge in [0.15, 0.2) is 6.10 Å². The lowest BCUT2D eigenvalue weighted by Gasteiger charge is -2.15. The standard InChI is InChI=1S/C25H21ClN2O6/c26-20-11-14(23(30)27-12-22(29)24(31)32)9-10-21(20)28-25(33)34-13-19-17-7-3-1-5-15(17)16-6-2-4-8-18(16)19/h1-11,19,22,29H,12-13H2,(H,27,30)(H,28,33)(H,31,32)/t22-/m0/s1. The summed E-state index contributed by atoms with van der Waals surface area (Å²) < 4.78 is 5.49. The molecule has 3 aromatic rings. The molecule has 2 amide bonds. The Morgan fingerprint density at radius 3 is 2.18 bits per heavy atom. The molecule has 0 unspecified atom stereocenters. The van der Waals surface area contributed by atoms with Gasteiger partial charge in [0.25, 0.3) is 5.91 Å². The van der Waals surface area contributed by atoms with Gasteiger partial charge in [-0.15, -0.1) is 0 Å². The van der Waals surface area contributed by atoms with Crippen LogP contribution in [0.15, 0.2) is 66.7 Å². The number of halogens is 1. The van der Waals surface area contributed by atoms with Gasteiger partial charge >= 0.3 is 12.1 Å². The molecule has 4 N–H and O–H groups in total. The van der Waals surface area contributed by atoms with Gasteiger partial charge in [0, 0.05) is 11.5 Å². The van der Waals surface area contributed by atoms with Crippen molar-refractivity contribution in [2.75, 3.05) is 18.5 Å². The van der Waals surface area contributed by atoms with E-state index in [0.29, 0.717) is 0 Å². The first kappa shape index (κ1) is 23.3. The number of fused-ring (bicyclic) bond motifs is 3. The predicted molar refractivity (Wildman–Crippen MR) is 126 cm³/mol. The number of aliphatic hydroxyl groups excluding tert-OH is 1. The summed E-state index contributed by atoms with van der Waals surface area (Å²) in [7, 11) is 0. The number of ether oxygens (including phenoxy) is 1. The second-order valence-electron chi connectivity index (χ2n) is 7.71. The molecule has 0 heterocycles. The molecular formula is C25H21ClN2O6. The van der Waals surface area contributed by atoms with Crippen molar-refractivity contribution in [2.45, 2.75) is 12.0 Å². The Morgan fingerprint density at radius 2 is 1.59 bits per heavy atom. The van der Waals surface area contributed by atoms with Crippen LogP contribution < -0.4 is 10.6 Å². The number of rotatable bonds is 7. The Balaban J connectivity index is 1.37. The lowest BCUT2D eigenvalue weighted by molar-refractivity contribution is -0.146. The summed E-state index contributed by atoms with van der Waals surface area (Å²) in [6, 6.07) is 20.2. The predicted octanol–water partition coefficient (Wildman–Crippen LogP) is 3.88. The molecule has 8 nitrogen and oxygen atoms in total. The second kappa shape index (κ2) is 9.94. The molecule has 9 heteroatoms. The first-order chi connectivity index (χ1) is 16.3. The van der Waals surface area contributed by atoms with Gasteiger partial charge in [-0.25, -0.2) is 9.59 Å². The average Bonchev–Trinajstić information content (AvgIpc) is 3.16. The van der Waals surface area contributed by atoms with Crippen molar-refractivity contribution < 1.29 is 29.3 Å². The van der Waals surface area contributed by atoms with Crippen molar-refractivity contribution in [3.05, 3.63) is 88.4 Å². The summed E-state index contributed by atoms with van der Waals surface area (Å²) in [6.07, 6.45) is -2.40. The molecule has 0 saturated heterocycles. The lowest BCUT2D eigenvalue weighted by Crippen LogP contribution is -2.36. The number of anilines is 1. The zero-order chi connectivity index (χ0) is 24.2. The Bertz CT molecular complexity index is 1220. The normalized spacial score (nSPS) is 12.9. The Labute approximate surface area is 200 Å². The number of carboxylic acid groups (broad SMARTS) is 1. The van der Waals surface area contributed by atoms with E-state index in [0.717, 1.165) is 22.3 Å². The molecule has 0 aromatic heterocycles. The maximum absolute atomic E-state index is 12.5. The summed E-state index contributed by atoms with van der Waals surface area (Å²) in [4.78, 5) is 35.2. The molecule has 174 valence electrons. The number of nitrogens with one attached hydrogen (secondary N) is 2. The minimum Gasteiger partial charge on any atom is -0.479 e. The third kappa shape index (κ3) is 4.88. The van der Waals surface area contributed by atoms with Crippen molar-refractivity contribution in [2.24, 2.45) is 0 Å². The first-order valence-corrected chi connectivity index (χ1v) is 10.8. The summed E-state index contributed by atoms with van der Waals surface area (Å²) in [6.45, 7) is -0.310. The third-order valence-electron chi connectivity index (χ3n) is 5.55. The second-order valence-corrected chi connectivity index (χ2v) is 8.12. The third-order valence-corrected chi connectivity index (χ3v) is 5.87. The smallest absolute Gasteiger partial charge is 0.411 e. The van der Waals surface area contributed by atoms with Crippen LogP contribution >= 0.6 is 11.6 Å². The number of aliphatic hydroxyl groups is 1. The van der Waals surface area contributed by atoms with Gasteiger partial charge in [-0.05, 0) is 40.5 Å². The monoisotopic (exact) mass is 480 g/mol. The molecule has 4 rings (SSSR count). The van der Waals surface area contributed by atoms with Gasteiger partial charge in [-0.2, -0.15) is 0 Å². The van der Waals surface area contributed by atoms with Gasteiger partial charge in [0.2, 0.25) is 0 Å². The van der Waals surface area contributed by atoms with Gasteiger partial charge in [-0.1, -0.05) is 60.1 Å². The van der Waals surface area contributed by atoms with Gasteiger partial charge in [-0.3, -0.25) is 10.1 Å². The minimum atomic E-state index is -1.71. The van der Waals surface area contributed by atoms with E-state index < -0.39 is 30.6 Å². The van der Waals surface area contributed by atoms with Crippen LogP contribution in [0.5, 0.6) is 0 Å². The largest absolute Gasteiger partial charge is 0.479 e. The van der Waals surface area contributed by atoms with Crippen LogP contribution in [0.25, 0.3) is 11.1 Å². The van der Waals surface area contributed by atoms with Gasteiger partial charge in [0.05, 0.1) is 17.3 Å². The van der Waals surface area contributed by atoms with E-state index >= 15 is 0 Å². The number of carbonyl (C=O) groups excluding carboxylic acids is 2. The van der Waals surface area contributed by atoms with Crippen LogP contribution in [0.2, 0.25) is 5.02 Å². The van der Waals surface area contributed by atoms with E-state index in [-0.39, 0.29) is 28.8 Å². The van der Waals surface area contributed by atoms with Crippen LogP contribution in [-0.2, 0) is 9.53 Å². The molecule has 0 bridgehead atoms. The van der Waals surface area contributed by atoms with E-state index in [1.54, 1.807) is 0 Å². The molecule has 0 aliphatic heterocycles. The van der Waals surface area contributed by atoms with Crippen molar-refractivity contribution in [1.82, 2.24) is 5.32 Å². The summed E-state index contributed by atoms with van der Waals surface area (Å²) in [5, 5.41) is 22.9. The first-order valence-electron chi connectivity index (χ1n) is 10.5. The SMILES string of the molecule is O=C(Nc1ccc(C(=O)NC[C@H](O)C(=O)O)cc1Cl)OCC1c2ccccc2-c2ccccc21. The molecule has 0 saturated carbocycles. The lowest BCUT2D eigenvalue weighted by atomic mass is 9.98. The Kier molecular flexibility index (Phi) is 6.81. The highest BCUT2D eigenvalue weighted by molar-refractivity contribution is 6.34. The molecule has 1 aliphatic rings. The fraction of sp³-hybridized carbons (Fsp3) is 0.160. The summed E-state index contributed by atoms with van der Waals surface area (Å²) in [5.41, 5.74) is 4.83. The maximum Gasteiger partial charge on any atom is 0.411 e. The maximum atomic E-state index is 12.5. The molecule has 34 heavy (non-hydrogen) atoms. The number of hydrogen-bond donors (Lipinski definition) is 4. The molecular weight excluding hydrogens is 460 g/mol. The van der Waals surface area contributed by atoms with Crippen molar-refractivity contribution in [3.8, 4) is 11.1 Å². The summed E-state index contributed by atoms with van der Waals surface area (Å²) >= 11 is 6.20. The molecule has 3 aromatic carbocycles. The van der Waals surface area contributed by atoms with Gasteiger partial charge in [0.1, 0.15) is 6.61 Å². The number of carbonyl (C=O) groups is 3. The molecule has 1 aliphatic carbocycles. The van der Waals surface area contributed by atoms with Crippen LogP contribution in [0.3, 0.4) is 0 Å². The molecule has 0 radical (unpaired) electrons. The van der Waals surface area contributed by atoms with Gasteiger partial charge < -0.3 is 20.3 Å². The minimum absolute atomic E-state index is 0.0825. The van der Waals surface area contributed by atoms with E-state index in [2.05, 4.69) is 10.6 Å². The average molecular weight is 481 g/mol. The van der Waals surface area contributed by atoms with Crippen molar-refractivity contribution in [3.63, 3.8) is 0 Å². The number of benzene rings is 3. The highest BCUT2D eigenvalue weighted by atomic mass is 35.5. The summed E-state index contributed by atoms with van der Waals surface area (Å²) in [5.74, 6) is -2.14. The number of carboxylic acids is 1. The van der Waals surface area contributed by atoms with E-state index in [1.807, 2.05) is 48.5 Å². The van der Waals surface area contributed by atoms with Crippen LogP contribution in [0.4, 0.5) is 10.5 Å². The fourth-order valence-corrected chi connectivity index (χ4v) is 4.11. The molecule has 0 fully saturated rings. The molecule has 0 spiro atoms. The Hall–Kier alpha value is -3.88. The van der Waals surface area contributed by atoms with Crippen molar-refractivity contribution in [1.29, 1.82) is 0 Å². The quantitative estimate of drug-likeness (QED) is 0.407. The highest BCUT2D eigenvalue weighted by Gasteiger charge is 2.29. The Morgan fingerprint density at radius 1 is 0.971 bits per heavy atom. The highest BCUT2D eigenvalue weighted by Crippen LogP contribution is 2.44. The fourth-order valence-electron chi connectivity index (χ4n) is 3.88. The zero-order valence-corrected chi connectivity index (χ0v) is 18.6. The van der Waals surface area contributed by atoms with E-state index in [9.17, 15) is 19.5 Å². The zero-order valence-electron chi connectivity index (χ0n) is 17.8. The number of amides is 2. The molecule has 1 atom stereocenters. The number of aliphatic carboxylic acids is 1. The van der Waals surface area contributed by atoms with Crippen LogP contribution in [-0.4, -0.2) is 47.4 Å². The van der Waals surface area contributed by atoms with E-state index in [4.69, 9.17) is 21.4 Å². The van der Waals surface area contributed by atoms with Crippen molar-refractivity contribution >= 4 is 35.3 Å². The number of hydrogen-bond acceptors (Lipinski definition) is 5.